The third-order valence-electron chi connectivity index (χ3n) is 2.50. The lowest BCUT2D eigenvalue weighted by Crippen LogP contribution is -2.30. The Labute approximate surface area is 136 Å². The summed E-state index contributed by atoms with van der Waals surface area (Å²) in [5, 5.41) is 0.162. The van der Waals surface area contributed by atoms with Crippen molar-refractivity contribution >= 4 is 53.2 Å². The molecule has 0 heterocycles. The molecule has 0 bridgehead atoms. The minimum Gasteiger partial charge on any atom is -0.341 e. The Kier molecular flexibility index (Phi) is 5.89. The lowest BCUT2D eigenvalue weighted by atomic mass is 10.1. The van der Waals surface area contributed by atoms with Crippen molar-refractivity contribution < 1.29 is 13.2 Å². The summed E-state index contributed by atoms with van der Waals surface area (Å²) in [5.41, 5.74) is 0.100. The predicted octanol–water partition coefficient (Wildman–Crippen LogP) is 3.76. The van der Waals surface area contributed by atoms with E-state index in [2.05, 4.69) is 15.9 Å². The number of carbonyl (C=O) groups is 1. The number of halogens is 3. The van der Waals surface area contributed by atoms with Crippen LogP contribution in [0.1, 0.15) is 24.2 Å². The lowest BCUT2D eigenvalue weighted by molar-refractivity contribution is 0.0779. The van der Waals surface area contributed by atoms with Gasteiger partial charge in [-0.1, -0.05) is 25.4 Å². The quantitative estimate of drug-likeness (QED) is 0.720. The molecule has 1 rings (SSSR count). The fraction of sp³-hybridized carbons (Fsp3) is 0.417. The fourth-order valence-electron chi connectivity index (χ4n) is 1.70. The van der Waals surface area contributed by atoms with Gasteiger partial charge in [0.2, 0.25) is 0 Å². The average molecular weight is 403 g/mol. The standard InChI is InChI=1S/C12H14BrCl2NO3S/c1-7(2)6-16(3)12(17)9-4-8(20(15,18)19)5-10(13)11(9)14/h4-5,7H,6H2,1-3H3. The first-order chi connectivity index (χ1) is 9.04. The second-order valence-corrected chi connectivity index (χ2v) is 8.58. The van der Waals surface area contributed by atoms with E-state index in [0.717, 1.165) is 0 Å². The molecule has 1 aromatic rings. The number of hydrogen-bond acceptors (Lipinski definition) is 3. The van der Waals surface area contributed by atoms with E-state index in [1.807, 2.05) is 13.8 Å². The van der Waals surface area contributed by atoms with Gasteiger partial charge in [0, 0.05) is 28.7 Å². The summed E-state index contributed by atoms with van der Waals surface area (Å²) in [6, 6.07) is 2.46. The zero-order valence-electron chi connectivity index (χ0n) is 11.2. The van der Waals surface area contributed by atoms with E-state index in [0.29, 0.717) is 11.0 Å². The van der Waals surface area contributed by atoms with E-state index in [-0.39, 0.29) is 27.3 Å². The van der Waals surface area contributed by atoms with Crippen LogP contribution < -0.4 is 0 Å². The van der Waals surface area contributed by atoms with Crippen LogP contribution in [-0.2, 0) is 9.05 Å². The Morgan fingerprint density at radius 1 is 1.40 bits per heavy atom. The van der Waals surface area contributed by atoms with Crippen LogP contribution in [0.4, 0.5) is 0 Å². The summed E-state index contributed by atoms with van der Waals surface area (Å²) in [4.78, 5) is 13.6. The Morgan fingerprint density at radius 3 is 2.40 bits per heavy atom. The molecule has 0 fully saturated rings. The molecule has 0 aliphatic rings. The van der Waals surface area contributed by atoms with E-state index >= 15 is 0 Å². The number of nitrogens with zero attached hydrogens (tertiary/aromatic N) is 1. The van der Waals surface area contributed by atoms with Crippen molar-refractivity contribution in [3.63, 3.8) is 0 Å². The summed E-state index contributed by atoms with van der Waals surface area (Å²) in [5.74, 6) is -0.0716. The molecule has 0 unspecified atom stereocenters. The minimum atomic E-state index is -3.93. The highest BCUT2D eigenvalue weighted by Crippen LogP contribution is 2.31. The Balaban J connectivity index is 3.31. The van der Waals surface area contributed by atoms with Gasteiger partial charge in [0.25, 0.3) is 15.0 Å². The van der Waals surface area contributed by atoms with Crippen molar-refractivity contribution in [3.05, 3.63) is 27.2 Å². The summed E-state index contributed by atoms with van der Waals surface area (Å²) >= 11 is 9.19. The molecule has 8 heteroatoms. The van der Waals surface area contributed by atoms with Gasteiger partial charge in [0.15, 0.2) is 0 Å². The average Bonchev–Trinajstić information content (AvgIpc) is 2.29. The van der Waals surface area contributed by atoms with Crippen LogP contribution in [0.5, 0.6) is 0 Å². The molecule has 4 nitrogen and oxygen atoms in total. The van der Waals surface area contributed by atoms with Crippen molar-refractivity contribution in [1.29, 1.82) is 0 Å². The molecule has 1 amide bonds. The van der Waals surface area contributed by atoms with Gasteiger partial charge in [-0.2, -0.15) is 0 Å². The molecular weight excluding hydrogens is 389 g/mol. The largest absolute Gasteiger partial charge is 0.341 e. The number of hydrogen-bond donors (Lipinski definition) is 0. The van der Waals surface area contributed by atoms with Gasteiger partial charge in [0.1, 0.15) is 0 Å². The first-order valence-electron chi connectivity index (χ1n) is 5.73. The highest BCUT2D eigenvalue weighted by Gasteiger charge is 2.22. The highest BCUT2D eigenvalue weighted by atomic mass is 79.9. The van der Waals surface area contributed by atoms with E-state index in [1.54, 1.807) is 7.05 Å². The van der Waals surface area contributed by atoms with Gasteiger partial charge in [-0.25, -0.2) is 8.42 Å². The number of carbonyl (C=O) groups excluding carboxylic acids is 1. The van der Waals surface area contributed by atoms with Gasteiger partial charge < -0.3 is 4.90 Å². The van der Waals surface area contributed by atoms with Crippen LogP contribution in [-0.4, -0.2) is 32.8 Å². The molecule has 0 spiro atoms. The van der Waals surface area contributed by atoms with Gasteiger partial charge in [-0.3, -0.25) is 4.79 Å². The summed E-state index contributed by atoms with van der Waals surface area (Å²) in [6.45, 7) is 4.48. The Bertz CT molecular complexity index is 632. The number of benzene rings is 1. The van der Waals surface area contributed by atoms with Gasteiger partial charge in [-0.15, -0.1) is 0 Å². The molecule has 0 N–H and O–H groups in total. The van der Waals surface area contributed by atoms with Crippen molar-refractivity contribution in [3.8, 4) is 0 Å². The predicted molar refractivity (Wildman–Crippen MR) is 84.0 cm³/mol. The maximum Gasteiger partial charge on any atom is 0.261 e. The fourth-order valence-corrected chi connectivity index (χ4v) is 3.28. The van der Waals surface area contributed by atoms with Gasteiger partial charge >= 0.3 is 0 Å². The third kappa shape index (κ3) is 4.35. The molecule has 0 atom stereocenters. The second kappa shape index (κ2) is 6.64. The van der Waals surface area contributed by atoms with Crippen LogP contribution in [0, 0.1) is 5.92 Å². The first kappa shape index (κ1) is 17.8. The number of rotatable bonds is 4. The van der Waals surface area contributed by atoms with Crippen molar-refractivity contribution in [1.82, 2.24) is 4.90 Å². The molecule has 0 aromatic heterocycles. The Morgan fingerprint density at radius 2 is 1.95 bits per heavy atom. The van der Waals surface area contributed by atoms with Crippen LogP contribution in [0.3, 0.4) is 0 Å². The van der Waals surface area contributed by atoms with Gasteiger partial charge in [0.05, 0.1) is 15.5 Å². The molecule has 0 saturated heterocycles. The topological polar surface area (TPSA) is 54.5 Å². The van der Waals surface area contributed by atoms with Crippen LogP contribution in [0.25, 0.3) is 0 Å². The van der Waals surface area contributed by atoms with Crippen LogP contribution >= 0.6 is 38.2 Å². The molecular formula is C12H14BrCl2NO3S. The molecule has 0 saturated carbocycles. The Hall–Kier alpha value is -0.300. The lowest BCUT2D eigenvalue weighted by Gasteiger charge is -2.20. The molecule has 1 aromatic carbocycles. The summed E-state index contributed by atoms with van der Waals surface area (Å²) < 4.78 is 23.1. The van der Waals surface area contributed by atoms with Crippen LogP contribution in [0.15, 0.2) is 21.5 Å². The van der Waals surface area contributed by atoms with Crippen molar-refractivity contribution in [2.45, 2.75) is 18.7 Å². The normalized spacial score (nSPS) is 11.8. The van der Waals surface area contributed by atoms with E-state index in [1.165, 1.54) is 17.0 Å². The number of amides is 1. The van der Waals surface area contributed by atoms with Crippen molar-refractivity contribution in [2.24, 2.45) is 5.92 Å². The molecule has 20 heavy (non-hydrogen) atoms. The van der Waals surface area contributed by atoms with Crippen LogP contribution in [0.2, 0.25) is 5.02 Å². The summed E-state index contributed by atoms with van der Waals surface area (Å²) in [7, 11) is 3.01. The molecule has 0 aliphatic carbocycles. The SMILES string of the molecule is CC(C)CN(C)C(=O)c1cc(S(=O)(=O)Cl)cc(Br)c1Cl. The maximum absolute atomic E-state index is 12.3. The highest BCUT2D eigenvalue weighted by molar-refractivity contribution is 9.10. The monoisotopic (exact) mass is 401 g/mol. The van der Waals surface area contributed by atoms with Gasteiger partial charge in [-0.05, 0) is 34.0 Å². The van der Waals surface area contributed by atoms with E-state index in [4.69, 9.17) is 22.3 Å². The minimum absolute atomic E-state index is 0.100. The maximum atomic E-state index is 12.3. The van der Waals surface area contributed by atoms with E-state index in [9.17, 15) is 13.2 Å². The second-order valence-electron chi connectivity index (χ2n) is 4.78. The summed E-state index contributed by atoms with van der Waals surface area (Å²) in [6.07, 6.45) is 0. The zero-order chi connectivity index (χ0) is 15.7. The zero-order valence-corrected chi connectivity index (χ0v) is 15.1. The molecule has 112 valence electrons. The first-order valence-corrected chi connectivity index (χ1v) is 9.21. The van der Waals surface area contributed by atoms with Crippen molar-refractivity contribution in [2.75, 3.05) is 13.6 Å². The van der Waals surface area contributed by atoms with E-state index < -0.39 is 9.05 Å². The smallest absolute Gasteiger partial charge is 0.261 e. The third-order valence-corrected chi connectivity index (χ3v) is 5.09. The molecule has 0 aliphatic heterocycles. The molecule has 0 radical (unpaired) electrons.